The van der Waals surface area contributed by atoms with Crippen LogP contribution in [0.25, 0.3) is 0 Å². The molecule has 4 nitrogen and oxygen atoms in total. The maximum Gasteiger partial charge on any atom is 0.422 e. The molecular weight excluding hydrogens is 371 g/mol. The molecule has 0 aliphatic carbocycles. The molecule has 1 amide bonds. The van der Waals surface area contributed by atoms with E-state index in [1.54, 1.807) is 54.6 Å². The molecule has 0 N–H and O–H groups in total. The predicted molar refractivity (Wildman–Crippen MR) is 89.2 cm³/mol. The SMILES string of the molecule is O=C(OCC(F)(F)F)C(=O)N(Cc1ccccc1)Cc1ccccc1Cl. The molecule has 138 valence electrons. The lowest BCUT2D eigenvalue weighted by Gasteiger charge is -2.22. The number of nitrogens with zero attached hydrogens (tertiary/aromatic N) is 1. The lowest BCUT2D eigenvalue weighted by Crippen LogP contribution is -2.38. The number of benzene rings is 2. The third-order valence-electron chi connectivity index (χ3n) is 3.36. The van der Waals surface area contributed by atoms with Crippen molar-refractivity contribution in [3.63, 3.8) is 0 Å². The lowest BCUT2D eigenvalue weighted by molar-refractivity contribution is -0.189. The minimum absolute atomic E-state index is 0.0199. The van der Waals surface area contributed by atoms with Gasteiger partial charge in [0.15, 0.2) is 6.61 Å². The Hall–Kier alpha value is -2.54. The van der Waals surface area contributed by atoms with Crippen molar-refractivity contribution in [1.82, 2.24) is 4.90 Å². The minimum atomic E-state index is -4.71. The average molecular weight is 386 g/mol. The second-order valence-electron chi connectivity index (χ2n) is 5.43. The van der Waals surface area contributed by atoms with Crippen molar-refractivity contribution >= 4 is 23.5 Å². The molecule has 0 heterocycles. The van der Waals surface area contributed by atoms with Crippen LogP contribution in [-0.2, 0) is 27.4 Å². The number of hydrogen-bond acceptors (Lipinski definition) is 3. The highest BCUT2D eigenvalue weighted by Crippen LogP contribution is 2.19. The molecule has 26 heavy (non-hydrogen) atoms. The molecule has 2 rings (SSSR count). The minimum Gasteiger partial charge on any atom is -0.449 e. The molecule has 0 unspecified atom stereocenters. The molecule has 0 aliphatic heterocycles. The average Bonchev–Trinajstić information content (AvgIpc) is 2.60. The molecule has 0 saturated heterocycles. The van der Waals surface area contributed by atoms with Crippen molar-refractivity contribution in [1.29, 1.82) is 0 Å². The summed E-state index contributed by atoms with van der Waals surface area (Å²) >= 11 is 6.07. The third kappa shape index (κ3) is 6.07. The van der Waals surface area contributed by atoms with Crippen LogP contribution in [-0.4, -0.2) is 29.6 Å². The number of amides is 1. The number of carbonyl (C=O) groups excluding carboxylic acids is 2. The Bertz CT molecular complexity index is 766. The summed E-state index contributed by atoms with van der Waals surface area (Å²) in [5, 5.41) is 0.377. The molecule has 0 atom stereocenters. The van der Waals surface area contributed by atoms with Crippen molar-refractivity contribution in [2.75, 3.05) is 6.61 Å². The Morgan fingerprint density at radius 1 is 0.962 bits per heavy atom. The van der Waals surface area contributed by atoms with E-state index in [0.29, 0.717) is 16.1 Å². The highest BCUT2D eigenvalue weighted by Gasteiger charge is 2.32. The van der Waals surface area contributed by atoms with E-state index in [1.807, 2.05) is 0 Å². The molecular formula is C18H15ClF3NO3. The first-order chi connectivity index (χ1) is 12.3. The number of esters is 1. The fraction of sp³-hybridized carbons (Fsp3) is 0.222. The van der Waals surface area contributed by atoms with Crippen molar-refractivity contribution < 1.29 is 27.5 Å². The van der Waals surface area contributed by atoms with Gasteiger partial charge in [-0.2, -0.15) is 13.2 Å². The van der Waals surface area contributed by atoms with Gasteiger partial charge in [0.05, 0.1) is 0 Å². The van der Waals surface area contributed by atoms with Gasteiger partial charge in [0.1, 0.15) is 0 Å². The van der Waals surface area contributed by atoms with Gasteiger partial charge < -0.3 is 9.64 Å². The Labute approximate surface area is 153 Å². The number of ether oxygens (including phenoxy) is 1. The zero-order valence-electron chi connectivity index (χ0n) is 13.5. The first kappa shape index (κ1) is 19.8. The highest BCUT2D eigenvalue weighted by molar-refractivity contribution is 6.32. The van der Waals surface area contributed by atoms with Crippen LogP contribution in [0.15, 0.2) is 54.6 Å². The van der Waals surface area contributed by atoms with E-state index >= 15 is 0 Å². The fourth-order valence-corrected chi connectivity index (χ4v) is 2.37. The molecule has 0 aliphatic rings. The van der Waals surface area contributed by atoms with E-state index in [4.69, 9.17) is 11.6 Å². The number of carbonyl (C=O) groups is 2. The Morgan fingerprint density at radius 3 is 2.19 bits per heavy atom. The maximum absolute atomic E-state index is 12.3. The number of halogens is 4. The van der Waals surface area contributed by atoms with Crippen molar-refractivity contribution in [3.8, 4) is 0 Å². The van der Waals surface area contributed by atoms with Gasteiger partial charge >= 0.3 is 18.1 Å². The van der Waals surface area contributed by atoms with Gasteiger partial charge in [0.25, 0.3) is 0 Å². The first-order valence-corrected chi connectivity index (χ1v) is 7.94. The number of rotatable bonds is 5. The summed E-state index contributed by atoms with van der Waals surface area (Å²) in [4.78, 5) is 25.2. The van der Waals surface area contributed by atoms with Gasteiger partial charge in [-0.25, -0.2) is 4.79 Å². The second-order valence-corrected chi connectivity index (χ2v) is 5.84. The molecule has 0 aromatic heterocycles. The maximum atomic E-state index is 12.3. The van der Waals surface area contributed by atoms with E-state index < -0.39 is 24.7 Å². The van der Waals surface area contributed by atoms with Crippen LogP contribution in [0, 0.1) is 0 Å². The van der Waals surface area contributed by atoms with Gasteiger partial charge in [-0.05, 0) is 17.2 Å². The fourth-order valence-electron chi connectivity index (χ4n) is 2.17. The summed E-state index contributed by atoms with van der Waals surface area (Å²) in [6.07, 6.45) is -4.71. The van der Waals surface area contributed by atoms with Crippen LogP contribution >= 0.6 is 11.6 Å². The zero-order chi connectivity index (χ0) is 19.2. The van der Waals surface area contributed by atoms with Gasteiger partial charge in [-0.15, -0.1) is 0 Å². The van der Waals surface area contributed by atoms with E-state index in [0.717, 1.165) is 4.90 Å². The van der Waals surface area contributed by atoms with E-state index in [1.165, 1.54) is 0 Å². The Morgan fingerprint density at radius 2 is 1.58 bits per heavy atom. The zero-order valence-corrected chi connectivity index (χ0v) is 14.3. The van der Waals surface area contributed by atoms with Gasteiger partial charge in [0, 0.05) is 18.1 Å². The largest absolute Gasteiger partial charge is 0.449 e. The van der Waals surface area contributed by atoms with Gasteiger partial charge in [-0.1, -0.05) is 60.1 Å². The smallest absolute Gasteiger partial charge is 0.422 e. The summed E-state index contributed by atoms with van der Waals surface area (Å²) in [6, 6.07) is 15.4. The molecule has 0 bridgehead atoms. The number of alkyl halides is 3. The van der Waals surface area contributed by atoms with Crippen molar-refractivity contribution in [2.24, 2.45) is 0 Å². The molecule has 8 heteroatoms. The monoisotopic (exact) mass is 385 g/mol. The van der Waals surface area contributed by atoms with Crippen LogP contribution in [0.3, 0.4) is 0 Å². The van der Waals surface area contributed by atoms with Crippen LogP contribution in [0.5, 0.6) is 0 Å². The molecule has 0 spiro atoms. The lowest BCUT2D eigenvalue weighted by atomic mass is 10.1. The van der Waals surface area contributed by atoms with Crippen LogP contribution in [0.1, 0.15) is 11.1 Å². The molecule has 0 fully saturated rings. The third-order valence-corrected chi connectivity index (χ3v) is 3.73. The Balaban J connectivity index is 2.17. The molecule has 0 radical (unpaired) electrons. The highest BCUT2D eigenvalue weighted by atomic mass is 35.5. The first-order valence-electron chi connectivity index (χ1n) is 7.56. The summed E-state index contributed by atoms with van der Waals surface area (Å²) in [5.41, 5.74) is 1.26. The van der Waals surface area contributed by atoms with Gasteiger partial charge in [0.2, 0.25) is 0 Å². The predicted octanol–water partition coefficient (Wildman–Crippen LogP) is 3.97. The summed E-state index contributed by atoms with van der Waals surface area (Å²) in [5.74, 6) is -2.73. The molecule has 0 saturated carbocycles. The quantitative estimate of drug-likeness (QED) is 0.578. The summed E-state index contributed by atoms with van der Waals surface area (Å²) < 4.78 is 40.7. The summed E-state index contributed by atoms with van der Waals surface area (Å²) in [7, 11) is 0. The van der Waals surface area contributed by atoms with E-state index in [2.05, 4.69) is 4.74 Å². The Kier molecular flexibility index (Phi) is 6.63. The molecule has 2 aromatic carbocycles. The standard InChI is InChI=1S/C18H15ClF3NO3/c19-15-9-5-4-8-14(15)11-23(10-13-6-2-1-3-7-13)16(24)17(25)26-12-18(20,21)22/h1-9H,10-12H2. The van der Waals surface area contributed by atoms with E-state index in [9.17, 15) is 22.8 Å². The van der Waals surface area contributed by atoms with Gasteiger partial charge in [-0.3, -0.25) is 4.79 Å². The van der Waals surface area contributed by atoms with Crippen LogP contribution < -0.4 is 0 Å². The number of hydrogen-bond donors (Lipinski definition) is 0. The van der Waals surface area contributed by atoms with Crippen LogP contribution in [0.4, 0.5) is 13.2 Å². The molecule has 2 aromatic rings. The summed E-state index contributed by atoms with van der Waals surface area (Å²) in [6.45, 7) is -1.84. The van der Waals surface area contributed by atoms with Crippen LogP contribution in [0.2, 0.25) is 5.02 Å². The van der Waals surface area contributed by atoms with E-state index in [-0.39, 0.29) is 13.1 Å². The van der Waals surface area contributed by atoms with Crippen molar-refractivity contribution in [2.45, 2.75) is 19.3 Å². The topological polar surface area (TPSA) is 46.6 Å². The second kappa shape index (κ2) is 8.71. The van der Waals surface area contributed by atoms with Crippen molar-refractivity contribution in [3.05, 3.63) is 70.7 Å². The normalized spacial score (nSPS) is 11.1.